The number of carbonyl (C=O) groups is 14. The molecule has 4 aromatic rings. The molecule has 8 amide bonds. The summed E-state index contributed by atoms with van der Waals surface area (Å²) in [5, 5.41) is 34.7. The van der Waals surface area contributed by atoms with Gasteiger partial charge in [0, 0.05) is 52.8 Å². The van der Waals surface area contributed by atoms with E-state index in [1.807, 2.05) is 0 Å². The van der Waals surface area contributed by atoms with Crippen LogP contribution in [0.3, 0.4) is 0 Å². The Morgan fingerprint density at radius 1 is 0.274 bits per heavy atom. The minimum absolute atomic E-state index is 0. The number of hydrogen-bond acceptors (Lipinski definition) is 16. The van der Waals surface area contributed by atoms with Gasteiger partial charge < -0.3 is 29.9 Å². The molecule has 0 spiro atoms. The van der Waals surface area contributed by atoms with Crippen LogP contribution in [0.25, 0.3) is 0 Å². The van der Waals surface area contributed by atoms with Crippen LogP contribution in [0.5, 0.6) is 0 Å². The zero-order chi connectivity index (χ0) is 81.4. The van der Waals surface area contributed by atoms with Crippen LogP contribution in [-0.4, -0.2) is 160 Å². The number of amides is 8. The summed E-state index contributed by atoms with van der Waals surface area (Å²) in [5.41, 5.74) is -5.48. The molecule has 586 valence electrons. The van der Waals surface area contributed by atoms with Gasteiger partial charge in [0.2, 0.25) is 0 Å². The molecule has 0 unspecified atom stereocenters. The number of rotatable bonds is 10. The number of carboxylic acid groups (broad SMARTS) is 4. The molecule has 4 atom stereocenters. The summed E-state index contributed by atoms with van der Waals surface area (Å²) in [7, 11) is 0. The first-order valence-electron chi connectivity index (χ1n) is 29.3. The van der Waals surface area contributed by atoms with Crippen molar-refractivity contribution < 1.29 is 136 Å². The summed E-state index contributed by atoms with van der Waals surface area (Å²) in [4.78, 5) is 170. The van der Waals surface area contributed by atoms with Crippen LogP contribution < -0.4 is 0 Å². The van der Waals surface area contributed by atoms with Crippen molar-refractivity contribution in [2.75, 3.05) is 13.2 Å². The number of fused-ring (bicyclic) bond motifs is 4. The molecule has 8 rings (SSSR count). The molecule has 106 heavy (non-hydrogen) atoms. The van der Waals surface area contributed by atoms with Gasteiger partial charge in [0.1, 0.15) is 24.2 Å². The monoisotopic (exact) mass is 1970 g/mol. The summed E-state index contributed by atoms with van der Waals surface area (Å²) < 4.78 is 8.81. The topological polar surface area (TPSA) is 351 Å². The maximum absolute atomic E-state index is 12.6. The third kappa shape index (κ3) is 20.7. The largest absolute Gasteiger partial charge is 0.480 e. The molecule has 0 saturated heterocycles. The smallest absolute Gasteiger partial charge is 0.327 e. The van der Waals surface area contributed by atoms with Crippen LogP contribution in [0.1, 0.15) is 194 Å². The van der Waals surface area contributed by atoms with Crippen molar-refractivity contribution in [2.24, 2.45) is 21.7 Å². The van der Waals surface area contributed by atoms with Crippen molar-refractivity contribution >= 4 is 269 Å². The second-order valence-corrected chi connectivity index (χ2v) is 32.3. The van der Waals surface area contributed by atoms with E-state index in [0.29, 0.717) is 32.8 Å². The number of carboxylic acids is 4. The number of benzene rings is 4. The zero-order valence-corrected chi connectivity index (χ0v) is 72.9. The predicted molar refractivity (Wildman–Crippen MR) is 396 cm³/mol. The van der Waals surface area contributed by atoms with Gasteiger partial charge in [-0.05, 0) is 35.5 Å². The number of halogens is 16. The molecule has 4 N–H and O–H groups in total. The van der Waals surface area contributed by atoms with Crippen molar-refractivity contribution in [3.8, 4) is 0 Å². The number of esters is 2. The van der Waals surface area contributed by atoms with E-state index in [9.17, 15) is 87.5 Å². The zero-order valence-electron chi connectivity index (χ0n) is 57.5. The Hall–Kier alpha value is -3.85. The Labute approximate surface area is 712 Å². The number of ether oxygens (including phenoxy) is 2. The van der Waals surface area contributed by atoms with Gasteiger partial charge in [-0.1, -0.05) is 269 Å². The molecule has 24 nitrogen and oxygen atoms in total. The first-order valence-corrected chi connectivity index (χ1v) is 35.4. The second-order valence-electron chi connectivity index (χ2n) is 26.2. The van der Waals surface area contributed by atoms with E-state index in [0.717, 1.165) is 0 Å². The molecular formula is C64H60Cl16N4O20Rh2. The molecule has 0 aromatic heterocycles. The van der Waals surface area contributed by atoms with E-state index in [1.165, 1.54) is 13.8 Å². The molecule has 4 heterocycles. The summed E-state index contributed by atoms with van der Waals surface area (Å²) in [6.07, 6.45) is 0. The fraction of sp³-hybridized carbons (Fsp3) is 0.406. The van der Waals surface area contributed by atoms with Crippen LogP contribution in [0, 0.1) is 21.7 Å². The van der Waals surface area contributed by atoms with Crippen molar-refractivity contribution in [3.05, 3.63) is 125 Å². The molecule has 0 bridgehead atoms. The van der Waals surface area contributed by atoms with E-state index in [1.54, 1.807) is 96.9 Å². The second kappa shape index (κ2) is 38.6. The average Bonchev–Trinajstić information content (AvgIpc) is 1.60. The number of carbonyl (C=O) groups excluding carboxylic acids is 10. The standard InChI is InChI=1S/4C14H11Cl4NO4.2C4H8O2.2Rh/c4*1-14(2,3)10(13(22)23)19-11(20)4-5(12(19)21)7(16)9(18)8(17)6(4)15;2*1-3-6-4(2)5;;/h4*10H,1-3H3,(H,22,23);2*3H2,1-2H3;;/t4*10-;;;;/m0000..../s1. The van der Waals surface area contributed by atoms with E-state index < -0.39 is 117 Å². The quantitative estimate of drug-likeness (QED) is 0.0377. The summed E-state index contributed by atoms with van der Waals surface area (Å²) in [5.74, 6) is -12.6. The molecular weight excluding hydrogens is 1920 g/mol. The first kappa shape index (κ1) is 100. The molecule has 4 aromatic carbocycles. The normalized spacial score (nSPS) is 14.6. The molecule has 4 aliphatic rings. The third-order valence-corrected chi connectivity index (χ3v) is 21.7. The van der Waals surface area contributed by atoms with Crippen molar-refractivity contribution in [1.82, 2.24) is 19.6 Å². The number of nitrogens with zero attached hydrogens (tertiary/aromatic N) is 4. The number of imide groups is 4. The van der Waals surface area contributed by atoms with Gasteiger partial charge in [0.15, 0.2) is 0 Å². The van der Waals surface area contributed by atoms with Gasteiger partial charge in [-0.25, -0.2) is 19.2 Å². The SMILES string of the molecule is CC(C)(C)[C@H](C(=O)O)N1C(=O)c2c(Cl)c(Cl)c(Cl)c(Cl)c2C1=O.CC(C)(C)[C@H](C(=O)O)N1C(=O)c2c(Cl)c(Cl)c(Cl)c(Cl)c2C1=O.CC(C)(C)[C@H](C(=O)O)N1C(=O)c2c(Cl)c(Cl)c(Cl)c(Cl)c2C1=O.CC(C)(C)[C@H](C(=O)O)N1C(=O)c2c(Cl)c(Cl)c(Cl)c(Cl)c2C1=O.CCOC(C)=O.CCOC(C)=O.[Rh].[Rh]. The third-order valence-electron chi connectivity index (χ3n) is 14.5. The van der Waals surface area contributed by atoms with Gasteiger partial charge >= 0.3 is 35.8 Å². The fourth-order valence-corrected chi connectivity index (χ4v) is 14.3. The molecule has 4 aliphatic heterocycles. The Morgan fingerprint density at radius 3 is 0.434 bits per heavy atom. The minimum Gasteiger partial charge on any atom is -0.480 e. The van der Waals surface area contributed by atoms with E-state index in [-0.39, 0.29) is 176 Å². The molecule has 2 radical (unpaired) electrons. The summed E-state index contributed by atoms with van der Waals surface area (Å²) >= 11 is 95.4. The van der Waals surface area contributed by atoms with Crippen LogP contribution >= 0.6 is 186 Å². The van der Waals surface area contributed by atoms with E-state index >= 15 is 0 Å². The predicted octanol–water partition coefficient (Wildman–Crippen LogP) is 18.7. The van der Waals surface area contributed by atoms with Crippen LogP contribution in [-0.2, 0) is 77.2 Å². The minimum atomic E-state index is -1.40. The van der Waals surface area contributed by atoms with Gasteiger partial charge in [-0.15, -0.1) is 0 Å². The molecule has 42 heteroatoms. The van der Waals surface area contributed by atoms with Crippen molar-refractivity contribution in [1.29, 1.82) is 0 Å². The Balaban J connectivity index is 0.000000666. The fourth-order valence-electron chi connectivity index (χ4n) is 10.3. The summed E-state index contributed by atoms with van der Waals surface area (Å²) in [6.45, 7) is 26.5. The van der Waals surface area contributed by atoms with E-state index in [4.69, 9.17) is 186 Å². The van der Waals surface area contributed by atoms with Gasteiger partial charge in [0.05, 0.1) is 138 Å². The Kier molecular flexibility index (Phi) is 36.5. The van der Waals surface area contributed by atoms with Gasteiger partial charge in [-0.2, -0.15) is 0 Å². The first-order chi connectivity index (χ1) is 47.2. The maximum atomic E-state index is 12.6. The summed E-state index contributed by atoms with van der Waals surface area (Å²) in [6, 6.07) is -5.61. The van der Waals surface area contributed by atoms with Crippen LogP contribution in [0.2, 0.25) is 80.4 Å². The molecule has 0 saturated carbocycles. The molecule has 0 aliphatic carbocycles. The van der Waals surface area contributed by atoms with Crippen molar-refractivity contribution in [2.45, 2.75) is 135 Å². The van der Waals surface area contributed by atoms with Gasteiger partial charge in [0.25, 0.3) is 47.3 Å². The van der Waals surface area contributed by atoms with E-state index in [2.05, 4.69) is 9.47 Å². The number of aliphatic carboxylic acids is 4. The maximum Gasteiger partial charge on any atom is 0.327 e. The average molecular weight is 1980 g/mol. The van der Waals surface area contributed by atoms with Crippen molar-refractivity contribution in [3.63, 3.8) is 0 Å². The van der Waals surface area contributed by atoms with Crippen LogP contribution in [0.15, 0.2) is 0 Å². The van der Waals surface area contributed by atoms with Crippen LogP contribution in [0.4, 0.5) is 0 Å². The van der Waals surface area contributed by atoms with Gasteiger partial charge in [-0.3, -0.25) is 67.5 Å². The number of hydrogen-bond donors (Lipinski definition) is 4. The Morgan fingerprint density at radius 2 is 0.377 bits per heavy atom. The molecule has 0 fully saturated rings. The Bertz CT molecular complexity index is 3650.